The van der Waals surface area contributed by atoms with E-state index in [0.29, 0.717) is 22.5 Å². The molecular weight excluding hydrogens is 389 g/mol. The summed E-state index contributed by atoms with van der Waals surface area (Å²) >= 11 is 0. The Bertz CT molecular complexity index is 1280. The van der Waals surface area contributed by atoms with Crippen molar-refractivity contribution in [2.45, 2.75) is 0 Å². The number of carbonyl (C=O) groups excluding carboxylic acids is 2. The Balaban J connectivity index is 1.50. The van der Waals surface area contributed by atoms with Gasteiger partial charge in [-0.1, -0.05) is 30.3 Å². The monoisotopic (exact) mass is 405 g/mol. The highest BCUT2D eigenvalue weighted by atomic mass is 19.1. The van der Waals surface area contributed by atoms with Gasteiger partial charge in [0.15, 0.2) is 0 Å². The lowest BCUT2D eigenvalue weighted by molar-refractivity contribution is -0.136. The number of carbonyl (C=O) groups is 2. The van der Waals surface area contributed by atoms with Crippen LogP contribution in [0.1, 0.15) is 5.56 Å². The Labute approximate surface area is 170 Å². The molecule has 0 aliphatic carbocycles. The average Bonchev–Trinajstić information content (AvgIpc) is 3.11. The molecule has 2 amide bonds. The Morgan fingerprint density at radius 1 is 1.00 bits per heavy atom. The van der Waals surface area contributed by atoms with Gasteiger partial charge in [-0.2, -0.15) is 5.10 Å². The van der Waals surface area contributed by atoms with Crippen LogP contribution in [0.5, 0.6) is 5.75 Å². The van der Waals surface area contributed by atoms with E-state index in [2.05, 4.69) is 15.8 Å². The van der Waals surface area contributed by atoms with Crippen molar-refractivity contribution in [2.24, 2.45) is 5.10 Å². The Morgan fingerprint density at radius 2 is 1.77 bits per heavy atom. The van der Waals surface area contributed by atoms with Crippen LogP contribution in [0.25, 0.3) is 21.9 Å². The highest BCUT2D eigenvalue weighted by molar-refractivity contribution is 6.39. The van der Waals surface area contributed by atoms with Gasteiger partial charge in [-0.15, -0.1) is 0 Å². The molecule has 0 radical (unpaired) electrons. The number of fused-ring (bicyclic) bond motifs is 3. The fourth-order valence-electron chi connectivity index (χ4n) is 2.96. The third-order valence-corrected chi connectivity index (χ3v) is 4.40. The van der Waals surface area contributed by atoms with Gasteiger partial charge >= 0.3 is 11.8 Å². The molecule has 30 heavy (non-hydrogen) atoms. The van der Waals surface area contributed by atoms with Crippen molar-refractivity contribution >= 4 is 45.7 Å². The van der Waals surface area contributed by atoms with Crippen LogP contribution in [0.3, 0.4) is 0 Å². The SMILES string of the molecule is COc1cc2c(cc1NC(=O)C(=O)NN=Cc1ccc(F)cc1)oc1ccccc12. The van der Waals surface area contributed by atoms with Gasteiger partial charge in [-0.3, -0.25) is 9.59 Å². The number of ether oxygens (including phenoxy) is 1. The van der Waals surface area contributed by atoms with Crippen LogP contribution in [0.4, 0.5) is 10.1 Å². The van der Waals surface area contributed by atoms with Crippen LogP contribution >= 0.6 is 0 Å². The van der Waals surface area contributed by atoms with Gasteiger partial charge in [0.1, 0.15) is 22.7 Å². The number of nitrogens with zero attached hydrogens (tertiary/aromatic N) is 1. The Kier molecular flexibility index (Phi) is 5.13. The molecule has 2 N–H and O–H groups in total. The molecule has 1 aromatic heterocycles. The molecule has 0 spiro atoms. The third-order valence-electron chi connectivity index (χ3n) is 4.40. The second-order valence-electron chi connectivity index (χ2n) is 6.35. The van der Waals surface area contributed by atoms with Crippen molar-refractivity contribution in [3.05, 3.63) is 72.0 Å². The highest BCUT2D eigenvalue weighted by Crippen LogP contribution is 2.36. The van der Waals surface area contributed by atoms with Crippen molar-refractivity contribution in [3.63, 3.8) is 0 Å². The molecule has 0 saturated carbocycles. The van der Waals surface area contributed by atoms with E-state index in [9.17, 15) is 14.0 Å². The topological polar surface area (TPSA) is 92.9 Å². The molecule has 150 valence electrons. The number of benzene rings is 3. The van der Waals surface area contributed by atoms with Gasteiger partial charge in [-0.05, 0) is 29.8 Å². The van der Waals surface area contributed by atoms with Crippen molar-refractivity contribution in [2.75, 3.05) is 12.4 Å². The van der Waals surface area contributed by atoms with Gasteiger partial charge < -0.3 is 14.5 Å². The first kappa shape index (κ1) is 19.1. The summed E-state index contributed by atoms with van der Waals surface area (Å²) in [6.07, 6.45) is 1.30. The van der Waals surface area contributed by atoms with Gasteiger partial charge in [0, 0.05) is 16.8 Å². The first-order valence-electron chi connectivity index (χ1n) is 8.94. The summed E-state index contributed by atoms with van der Waals surface area (Å²) in [5, 5.41) is 7.93. The maximum atomic E-state index is 12.9. The molecule has 8 heteroatoms. The lowest BCUT2D eigenvalue weighted by atomic mass is 10.1. The van der Waals surface area contributed by atoms with Gasteiger partial charge in [-0.25, -0.2) is 9.82 Å². The highest BCUT2D eigenvalue weighted by Gasteiger charge is 2.18. The molecule has 0 atom stereocenters. The minimum Gasteiger partial charge on any atom is -0.495 e. The number of hydrazone groups is 1. The van der Waals surface area contributed by atoms with E-state index in [0.717, 1.165) is 10.8 Å². The second-order valence-corrected chi connectivity index (χ2v) is 6.35. The average molecular weight is 405 g/mol. The standard InChI is InChI=1S/C22H16FN3O4/c1-29-20-10-16-15-4-2-3-5-18(15)30-19(16)11-17(20)25-21(27)22(28)26-24-12-13-6-8-14(23)9-7-13/h2-12H,1H3,(H,25,27)(H,26,28). The normalized spacial score (nSPS) is 11.1. The summed E-state index contributed by atoms with van der Waals surface area (Å²) in [6.45, 7) is 0. The number of anilines is 1. The lowest BCUT2D eigenvalue weighted by Gasteiger charge is -2.09. The molecule has 7 nitrogen and oxygen atoms in total. The molecule has 0 fully saturated rings. The van der Waals surface area contributed by atoms with E-state index in [1.807, 2.05) is 24.3 Å². The zero-order valence-corrected chi connectivity index (χ0v) is 15.8. The van der Waals surface area contributed by atoms with Crippen LogP contribution < -0.4 is 15.5 Å². The van der Waals surface area contributed by atoms with E-state index in [4.69, 9.17) is 9.15 Å². The summed E-state index contributed by atoms with van der Waals surface area (Å²) in [4.78, 5) is 24.3. The minimum absolute atomic E-state index is 0.284. The molecule has 0 aliphatic heterocycles. The first-order valence-corrected chi connectivity index (χ1v) is 8.94. The number of halogens is 1. The zero-order chi connectivity index (χ0) is 21.1. The fourth-order valence-corrected chi connectivity index (χ4v) is 2.96. The molecule has 0 saturated heterocycles. The molecule has 0 aliphatic rings. The molecular formula is C22H16FN3O4. The predicted octanol–water partition coefficient (Wildman–Crippen LogP) is 3.82. The number of rotatable bonds is 4. The summed E-state index contributed by atoms with van der Waals surface area (Å²) in [5.74, 6) is -1.91. The molecule has 3 aromatic carbocycles. The Morgan fingerprint density at radius 3 is 2.53 bits per heavy atom. The number of methoxy groups -OCH3 is 1. The largest absolute Gasteiger partial charge is 0.495 e. The van der Waals surface area contributed by atoms with Crippen LogP contribution in [-0.2, 0) is 9.59 Å². The van der Waals surface area contributed by atoms with Crippen LogP contribution in [0.15, 0.2) is 70.2 Å². The molecule has 4 aromatic rings. The number of nitrogens with one attached hydrogen (secondary N) is 2. The summed E-state index contributed by atoms with van der Waals surface area (Å²) in [7, 11) is 1.46. The van der Waals surface area contributed by atoms with Crippen molar-refractivity contribution in [3.8, 4) is 5.75 Å². The minimum atomic E-state index is -0.972. The number of para-hydroxylation sites is 1. The smallest absolute Gasteiger partial charge is 0.329 e. The maximum Gasteiger partial charge on any atom is 0.329 e. The lowest BCUT2D eigenvalue weighted by Crippen LogP contribution is -2.32. The van der Waals surface area contributed by atoms with Crippen molar-refractivity contribution in [1.82, 2.24) is 5.43 Å². The van der Waals surface area contributed by atoms with Crippen LogP contribution in [-0.4, -0.2) is 25.1 Å². The zero-order valence-electron chi connectivity index (χ0n) is 15.8. The van der Waals surface area contributed by atoms with Gasteiger partial charge in [0.2, 0.25) is 0 Å². The van der Waals surface area contributed by atoms with Gasteiger partial charge in [0.25, 0.3) is 0 Å². The van der Waals surface area contributed by atoms with E-state index >= 15 is 0 Å². The number of hydrogen-bond donors (Lipinski definition) is 2. The number of amides is 2. The number of hydrogen-bond acceptors (Lipinski definition) is 5. The van der Waals surface area contributed by atoms with E-state index in [-0.39, 0.29) is 11.5 Å². The van der Waals surface area contributed by atoms with E-state index < -0.39 is 11.8 Å². The summed E-state index contributed by atoms with van der Waals surface area (Å²) in [6, 6.07) is 16.3. The van der Waals surface area contributed by atoms with Gasteiger partial charge in [0.05, 0.1) is 19.0 Å². The molecule has 0 unspecified atom stereocenters. The van der Waals surface area contributed by atoms with Crippen LogP contribution in [0.2, 0.25) is 0 Å². The molecule has 4 rings (SSSR count). The first-order chi connectivity index (χ1) is 14.5. The molecule has 0 bridgehead atoms. The summed E-state index contributed by atoms with van der Waals surface area (Å²) in [5.41, 5.74) is 4.21. The quantitative estimate of drug-likeness (QED) is 0.307. The Hall–Kier alpha value is -4.20. The van der Waals surface area contributed by atoms with E-state index in [1.165, 1.54) is 37.6 Å². The number of furan rings is 1. The fraction of sp³-hybridized carbons (Fsp3) is 0.0455. The van der Waals surface area contributed by atoms with Crippen molar-refractivity contribution in [1.29, 1.82) is 0 Å². The van der Waals surface area contributed by atoms with E-state index in [1.54, 1.807) is 12.1 Å². The predicted molar refractivity (Wildman–Crippen MR) is 111 cm³/mol. The molecule has 1 heterocycles. The maximum absolute atomic E-state index is 12.9. The third kappa shape index (κ3) is 3.83. The second kappa shape index (κ2) is 8.04. The summed E-state index contributed by atoms with van der Waals surface area (Å²) < 4.78 is 24.0. The van der Waals surface area contributed by atoms with Crippen LogP contribution in [0, 0.1) is 5.82 Å². The van der Waals surface area contributed by atoms with Crippen molar-refractivity contribution < 1.29 is 23.1 Å².